The van der Waals surface area contributed by atoms with Crippen LogP contribution >= 0.6 is 0 Å². The maximum Gasteiger partial charge on any atom is 0.223 e. The van der Waals surface area contributed by atoms with Crippen LogP contribution in [0.3, 0.4) is 0 Å². The minimum Gasteiger partial charge on any atom is -0.376 e. The fraction of sp³-hybridized carbons (Fsp3) is 0.900. The van der Waals surface area contributed by atoms with Gasteiger partial charge in [-0.05, 0) is 33.1 Å². The van der Waals surface area contributed by atoms with Crippen LogP contribution in [-0.4, -0.2) is 30.2 Å². The largest absolute Gasteiger partial charge is 0.376 e. The predicted octanol–water partition coefficient (Wildman–Crippen LogP) is 1.30. The Bertz CT molecular complexity index is 151. The SMILES string of the molecule is CCC(CCCN(N)C=O)OC(C)C. The van der Waals surface area contributed by atoms with Gasteiger partial charge in [-0.3, -0.25) is 9.80 Å². The summed E-state index contributed by atoms with van der Waals surface area (Å²) in [5.41, 5.74) is 0. The number of hydrogen-bond donors (Lipinski definition) is 1. The molecule has 0 rings (SSSR count). The third kappa shape index (κ3) is 6.86. The average molecular weight is 202 g/mol. The first kappa shape index (κ1) is 13.4. The highest BCUT2D eigenvalue weighted by Crippen LogP contribution is 2.09. The smallest absolute Gasteiger partial charge is 0.223 e. The predicted molar refractivity (Wildman–Crippen MR) is 56.5 cm³/mol. The topological polar surface area (TPSA) is 55.6 Å². The van der Waals surface area contributed by atoms with E-state index in [-0.39, 0.29) is 12.2 Å². The molecule has 0 bridgehead atoms. The first-order chi connectivity index (χ1) is 6.60. The van der Waals surface area contributed by atoms with Crippen molar-refractivity contribution in [3.63, 3.8) is 0 Å². The van der Waals surface area contributed by atoms with Crippen LogP contribution in [0.1, 0.15) is 40.0 Å². The molecule has 0 aromatic carbocycles. The fourth-order valence-corrected chi connectivity index (χ4v) is 1.31. The number of hydrazine groups is 1. The average Bonchev–Trinajstić information content (AvgIpc) is 2.15. The number of carbonyl (C=O) groups is 1. The van der Waals surface area contributed by atoms with E-state index in [1.165, 1.54) is 5.01 Å². The molecule has 1 amide bonds. The van der Waals surface area contributed by atoms with Crippen LogP contribution in [0.25, 0.3) is 0 Å². The zero-order chi connectivity index (χ0) is 11.0. The molecule has 0 aliphatic carbocycles. The summed E-state index contributed by atoms with van der Waals surface area (Å²) in [5, 5.41) is 1.17. The van der Waals surface area contributed by atoms with Crippen LogP contribution in [0.15, 0.2) is 0 Å². The molecular formula is C10H22N2O2. The molecule has 2 N–H and O–H groups in total. The van der Waals surface area contributed by atoms with Crippen molar-refractivity contribution < 1.29 is 9.53 Å². The molecule has 84 valence electrons. The summed E-state index contributed by atoms with van der Waals surface area (Å²) in [6, 6.07) is 0. The minimum absolute atomic E-state index is 0.264. The standard InChI is InChI=1S/C10H22N2O2/c1-4-10(14-9(2)3)6-5-7-12(11)8-13/h8-10H,4-7,11H2,1-3H3. The fourth-order valence-electron chi connectivity index (χ4n) is 1.31. The second-order valence-corrected chi connectivity index (χ2v) is 3.70. The third-order valence-corrected chi connectivity index (χ3v) is 2.00. The van der Waals surface area contributed by atoms with Gasteiger partial charge in [-0.1, -0.05) is 6.92 Å². The maximum absolute atomic E-state index is 10.2. The van der Waals surface area contributed by atoms with Gasteiger partial charge < -0.3 is 4.74 Å². The van der Waals surface area contributed by atoms with Crippen molar-refractivity contribution in [1.29, 1.82) is 0 Å². The van der Waals surface area contributed by atoms with E-state index in [4.69, 9.17) is 10.6 Å². The van der Waals surface area contributed by atoms with E-state index in [0.29, 0.717) is 13.0 Å². The van der Waals surface area contributed by atoms with E-state index in [9.17, 15) is 4.79 Å². The van der Waals surface area contributed by atoms with Crippen LogP contribution in [0.5, 0.6) is 0 Å². The normalized spacial score (nSPS) is 12.9. The number of ether oxygens (including phenoxy) is 1. The number of nitrogens with two attached hydrogens (primary N) is 1. The van der Waals surface area contributed by atoms with Crippen LogP contribution in [0.4, 0.5) is 0 Å². The van der Waals surface area contributed by atoms with Crippen LogP contribution in [-0.2, 0) is 9.53 Å². The molecular weight excluding hydrogens is 180 g/mol. The molecule has 0 aromatic heterocycles. The molecule has 0 heterocycles. The Kier molecular flexibility index (Phi) is 7.42. The minimum atomic E-state index is 0.264. The van der Waals surface area contributed by atoms with Crippen LogP contribution in [0, 0.1) is 0 Å². The molecule has 4 nitrogen and oxygen atoms in total. The summed E-state index contributed by atoms with van der Waals surface area (Å²) in [7, 11) is 0. The Morgan fingerprint density at radius 2 is 2.14 bits per heavy atom. The van der Waals surface area contributed by atoms with E-state index < -0.39 is 0 Å². The number of rotatable bonds is 8. The van der Waals surface area contributed by atoms with Crippen molar-refractivity contribution in [3.8, 4) is 0 Å². The summed E-state index contributed by atoms with van der Waals surface area (Å²) in [4.78, 5) is 10.2. The van der Waals surface area contributed by atoms with Gasteiger partial charge in [0.1, 0.15) is 0 Å². The van der Waals surface area contributed by atoms with Crippen LogP contribution < -0.4 is 5.84 Å². The van der Waals surface area contributed by atoms with Crippen molar-refractivity contribution in [2.45, 2.75) is 52.2 Å². The van der Waals surface area contributed by atoms with Gasteiger partial charge in [-0.15, -0.1) is 0 Å². The van der Waals surface area contributed by atoms with Gasteiger partial charge in [0.05, 0.1) is 12.2 Å². The molecule has 0 aliphatic heterocycles. The van der Waals surface area contributed by atoms with Gasteiger partial charge in [0.2, 0.25) is 6.41 Å². The molecule has 0 saturated carbocycles. The molecule has 0 aliphatic rings. The monoisotopic (exact) mass is 202 g/mol. The lowest BCUT2D eigenvalue weighted by atomic mass is 10.1. The second kappa shape index (κ2) is 7.76. The summed E-state index contributed by atoms with van der Waals surface area (Å²) in [5.74, 6) is 5.33. The highest BCUT2D eigenvalue weighted by molar-refractivity contribution is 5.45. The van der Waals surface area contributed by atoms with E-state index in [1.54, 1.807) is 0 Å². The molecule has 1 unspecified atom stereocenters. The third-order valence-electron chi connectivity index (χ3n) is 2.00. The van der Waals surface area contributed by atoms with Crippen molar-refractivity contribution in [2.24, 2.45) is 5.84 Å². The first-order valence-electron chi connectivity index (χ1n) is 5.22. The first-order valence-corrected chi connectivity index (χ1v) is 5.22. The quantitative estimate of drug-likeness (QED) is 0.279. The van der Waals surface area contributed by atoms with Gasteiger partial charge in [-0.25, -0.2) is 5.84 Å². The Morgan fingerprint density at radius 3 is 2.57 bits per heavy atom. The number of nitrogens with zero attached hydrogens (tertiary/aromatic N) is 1. The van der Waals surface area contributed by atoms with Gasteiger partial charge >= 0.3 is 0 Å². The molecule has 0 spiro atoms. The number of hydrogen-bond acceptors (Lipinski definition) is 3. The summed E-state index contributed by atoms with van der Waals surface area (Å²) in [6.45, 7) is 6.76. The second-order valence-electron chi connectivity index (χ2n) is 3.70. The highest BCUT2D eigenvalue weighted by atomic mass is 16.5. The Labute approximate surface area is 86.4 Å². The summed E-state index contributed by atoms with van der Waals surface area (Å²) in [6.07, 6.45) is 4.04. The Morgan fingerprint density at radius 1 is 1.50 bits per heavy atom. The summed E-state index contributed by atoms with van der Waals surface area (Å²) >= 11 is 0. The number of amides is 1. The Balaban J connectivity index is 3.57. The van der Waals surface area contributed by atoms with Gasteiger partial charge in [-0.2, -0.15) is 0 Å². The lowest BCUT2D eigenvalue weighted by Gasteiger charge is -2.19. The number of carbonyl (C=O) groups excluding carboxylic acids is 1. The molecule has 0 saturated heterocycles. The molecule has 0 aromatic rings. The van der Waals surface area contributed by atoms with Gasteiger partial charge in [0.15, 0.2) is 0 Å². The van der Waals surface area contributed by atoms with Crippen molar-refractivity contribution in [3.05, 3.63) is 0 Å². The zero-order valence-electron chi connectivity index (χ0n) is 9.40. The van der Waals surface area contributed by atoms with E-state index in [0.717, 1.165) is 19.3 Å². The van der Waals surface area contributed by atoms with Gasteiger partial charge in [0.25, 0.3) is 0 Å². The van der Waals surface area contributed by atoms with E-state index in [1.807, 2.05) is 13.8 Å². The zero-order valence-corrected chi connectivity index (χ0v) is 9.40. The maximum atomic E-state index is 10.2. The van der Waals surface area contributed by atoms with Gasteiger partial charge in [0, 0.05) is 6.54 Å². The summed E-state index contributed by atoms with van der Waals surface area (Å²) < 4.78 is 5.67. The molecule has 14 heavy (non-hydrogen) atoms. The van der Waals surface area contributed by atoms with Crippen molar-refractivity contribution in [1.82, 2.24) is 5.01 Å². The molecule has 4 heteroatoms. The van der Waals surface area contributed by atoms with E-state index in [2.05, 4.69) is 6.92 Å². The Hall–Kier alpha value is -0.610. The molecule has 0 fully saturated rings. The van der Waals surface area contributed by atoms with Crippen LogP contribution in [0.2, 0.25) is 0 Å². The lowest BCUT2D eigenvalue weighted by molar-refractivity contribution is -0.118. The van der Waals surface area contributed by atoms with Crippen molar-refractivity contribution in [2.75, 3.05) is 6.54 Å². The van der Waals surface area contributed by atoms with Crippen molar-refractivity contribution >= 4 is 6.41 Å². The van der Waals surface area contributed by atoms with E-state index >= 15 is 0 Å². The molecule has 1 atom stereocenters. The molecule has 0 radical (unpaired) electrons. The lowest BCUT2D eigenvalue weighted by Crippen LogP contribution is -2.31. The highest BCUT2D eigenvalue weighted by Gasteiger charge is 2.08.